The van der Waals surface area contributed by atoms with Gasteiger partial charge in [-0.25, -0.2) is 9.07 Å². The van der Waals surface area contributed by atoms with E-state index in [1.807, 2.05) is 6.07 Å². The van der Waals surface area contributed by atoms with Gasteiger partial charge in [0, 0.05) is 10.7 Å². The number of carbonyl (C=O) groups is 1. The maximum atomic E-state index is 13.2. The molecule has 0 aliphatic carbocycles. The number of hydrogen-bond acceptors (Lipinski definition) is 6. The second kappa shape index (κ2) is 7.20. The van der Waals surface area contributed by atoms with Gasteiger partial charge in [0.1, 0.15) is 5.82 Å². The van der Waals surface area contributed by atoms with E-state index in [9.17, 15) is 9.18 Å². The lowest BCUT2D eigenvalue weighted by Gasteiger charge is -2.05. The van der Waals surface area contributed by atoms with Gasteiger partial charge in [-0.3, -0.25) is 4.79 Å². The van der Waals surface area contributed by atoms with E-state index < -0.39 is 11.7 Å². The summed E-state index contributed by atoms with van der Waals surface area (Å²) in [7, 11) is 0. The van der Waals surface area contributed by atoms with Crippen molar-refractivity contribution < 1.29 is 13.7 Å². The molecule has 0 bridgehead atoms. The van der Waals surface area contributed by atoms with Crippen LogP contribution in [0.1, 0.15) is 16.2 Å². The molecule has 0 spiro atoms. The fraction of sp³-hybridized carbons (Fsp3) is 0.0556. The lowest BCUT2D eigenvalue weighted by Crippen LogP contribution is -2.13. The molecule has 1 amide bonds. The first kappa shape index (κ1) is 17.8. The smallest absolute Gasteiger partial charge is 0.316 e. The number of hydrogen-bond donors (Lipinski definition) is 1. The molecule has 140 valence electrons. The maximum absolute atomic E-state index is 13.2. The topological polar surface area (TPSA) is 98.7 Å². The van der Waals surface area contributed by atoms with Crippen LogP contribution in [0.15, 0.2) is 53.2 Å². The summed E-state index contributed by atoms with van der Waals surface area (Å²) in [4.78, 5) is 16.3. The minimum Gasteiger partial charge on any atom is -0.328 e. The van der Waals surface area contributed by atoms with Crippen LogP contribution in [-0.2, 0) is 0 Å². The number of aryl methyl sites for hydroxylation is 1. The summed E-state index contributed by atoms with van der Waals surface area (Å²) in [5.74, 6) is -1.15. The Morgan fingerprint density at radius 1 is 1.25 bits per heavy atom. The Balaban J connectivity index is 1.54. The van der Waals surface area contributed by atoms with Gasteiger partial charge in [-0.05, 0) is 48.9 Å². The van der Waals surface area contributed by atoms with E-state index in [-0.39, 0.29) is 11.7 Å². The van der Waals surface area contributed by atoms with E-state index in [1.54, 1.807) is 31.3 Å². The molecule has 0 saturated heterocycles. The summed E-state index contributed by atoms with van der Waals surface area (Å²) in [5.41, 5.74) is 2.04. The van der Waals surface area contributed by atoms with Crippen LogP contribution in [0.5, 0.6) is 0 Å². The van der Waals surface area contributed by atoms with Crippen LogP contribution < -0.4 is 5.32 Å². The third-order valence-electron chi connectivity index (χ3n) is 3.85. The van der Waals surface area contributed by atoms with Gasteiger partial charge < -0.3 is 9.84 Å². The highest BCUT2D eigenvalue weighted by molar-refractivity contribution is 6.30. The number of aromatic nitrogens is 5. The van der Waals surface area contributed by atoms with Crippen LogP contribution in [0.25, 0.3) is 17.2 Å². The second-order valence-electron chi connectivity index (χ2n) is 5.86. The van der Waals surface area contributed by atoms with Crippen molar-refractivity contribution in [2.24, 2.45) is 0 Å². The van der Waals surface area contributed by atoms with Gasteiger partial charge in [0.2, 0.25) is 5.82 Å². The molecule has 0 aliphatic rings. The molecule has 0 atom stereocenters. The minimum absolute atomic E-state index is 0.106. The Morgan fingerprint density at radius 2 is 2.11 bits per heavy atom. The first-order valence-corrected chi connectivity index (χ1v) is 8.47. The zero-order chi connectivity index (χ0) is 19.7. The predicted molar refractivity (Wildman–Crippen MR) is 98.8 cm³/mol. The summed E-state index contributed by atoms with van der Waals surface area (Å²) in [6.45, 7) is 1.67. The number of nitrogens with zero attached hydrogens (tertiary/aromatic N) is 5. The largest absolute Gasteiger partial charge is 0.328 e. The molecule has 0 radical (unpaired) electrons. The van der Waals surface area contributed by atoms with Crippen LogP contribution in [0.2, 0.25) is 5.02 Å². The molecular formula is C18H12ClFN6O2. The average Bonchev–Trinajstić information content (AvgIpc) is 3.33. The SMILES string of the molecule is Cc1cc(F)ccc1NC(=O)c1nc(-c2cn(-c3cccc(Cl)c3)nn2)no1. The summed E-state index contributed by atoms with van der Waals surface area (Å²) in [6, 6.07) is 11.1. The highest BCUT2D eigenvalue weighted by Crippen LogP contribution is 2.19. The fourth-order valence-electron chi connectivity index (χ4n) is 2.47. The van der Waals surface area contributed by atoms with Crippen molar-refractivity contribution in [1.82, 2.24) is 25.1 Å². The first-order valence-electron chi connectivity index (χ1n) is 8.09. The van der Waals surface area contributed by atoms with E-state index in [4.69, 9.17) is 16.1 Å². The Labute approximate surface area is 162 Å². The molecule has 0 unspecified atom stereocenters. The molecule has 1 N–H and O–H groups in total. The van der Waals surface area contributed by atoms with Gasteiger partial charge in [0.25, 0.3) is 0 Å². The Morgan fingerprint density at radius 3 is 2.89 bits per heavy atom. The zero-order valence-electron chi connectivity index (χ0n) is 14.4. The van der Waals surface area contributed by atoms with Crippen LogP contribution >= 0.6 is 11.6 Å². The van der Waals surface area contributed by atoms with Crippen molar-refractivity contribution in [2.75, 3.05) is 5.32 Å². The molecule has 2 heterocycles. The molecule has 0 saturated carbocycles. The number of benzene rings is 2. The van der Waals surface area contributed by atoms with Gasteiger partial charge in [0.15, 0.2) is 5.69 Å². The molecule has 2 aromatic heterocycles. The highest BCUT2D eigenvalue weighted by Gasteiger charge is 2.19. The lowest BCUT2D eigenvalue weighted by molar-refractivity contribution is 0.0981. The van der Waals surface area contributed by atoms with Gasteiger partial charge in [-0.1, -0.05) is 28.0 Å². The molecule has 0 fully saturated rings. The van der Waals surface area contributed by atoms with Crippen LogP contribution in [0, 0.1) is 12.7 Å². The van der Waals surface area contributed by atoms with E-state index in [0.29, 0.717) is 27.7 Å². The number of rotatable bonds is 4. The summed E-state index contributed by atoms with van der Waals surface area (Å²) in [5, 5.41) is 14.9. The van der Waals surface area contributed by atoms with Crippen molar-refractivity contribution in [2.45, 2.75) is 6.92 Å². The van der Waals surface area contributed by atoms with E-state index >= 15 is 0 Å². The molecular weight excluding hydrogens is 387 g/mol. The Bertz CT molecular complexity index is 1170. The van der Waals surface area contributed by atoms with Gasteiger partial charge in [-0.2, -0.15) is 4.98 Å². The van der Waals surface area contributed by atoms with Crippen LogP contribution in [0.4, 0.5) is 10.1 Å². The average molecular weight is 399 g/mol. The number of nitrogens with one attached hydrogen (secondary N) is 1. The molecule has 4 rings (SSSR count). The van der Waals surface area contributed by atoms with Crippen molar-refractivity contribution in [3.05, 3.63) is 71.0 Å². The third kappa shape index (κ3) is 3.60. The number of anilines is 1. The lowest BCUT2D eigenvalue weighted by atomic mass is 10.2. The van der Waals surface area contributed by atoms with Crippen molar-refractivity contribution >= 4 is 23.2 Å². The van der Waals surface area contributed by atoms with Gasteiger partial charge in [-0.15, -0.1) is 5.10 Å². The zero-order valence-corrected chi connectivity index (χ0v) is 15.2. The molecule has 28 heavy (non-hydrogen) atoms. The van der Waals surface area contributed by atoms with Crippen molar-refractivity contribution in [3.63, 3.8) is 0 Å². The normalized spacial score (nSPS) is 10.8. The van der Waals surface area contributed by atoms with E-state index in [0.717, 1.165) is 0 Å². The monoisotopic (exact) mass is 398 g/mol. The number of amides is 1. The van der Waals surface area contributed by atoms with Crippen LogP contribution in [0.3, 0.4) is 0 Å². The van der Waals surface area contributed by atoms with Crippen molar-refractivity contribution in [3.8, 4) is 17.2 Å². The molecule has 10 heteroatoms. The maximum Gasteiger partial charge on any atom is 0.316 e. The standard InChI is InChI=1S/C18H12ClFN6O2/c1-10-7-12(20)5-6-14(10)21-17(27)18-22-16(24-28-18)15-9-26(25-23-15)13-4-2-3-11(19)8-13/h2-9H,1H3,(H,21,27). The Kier molecular flexibility index (Phi) is 4.58. The van der Waals surface area contributed by atoms with Gasteiger partial charge in [0.05, 0.1) is 11.9 Å². The quantitative estimate of drug-likeness (QED) is 0.563. The minimum atomic E-state index is -0.615. The number of carbonyl (C=O) groups excluding carboxylic acids is 1. The van der Waals surface area contributed by atoms with Crippen molar-refractivity contribution in [1.29, 1.82) is 0 Å². The predicted octanol–water partition coefficient (Wildman–Crippen LogP) is 3.67. The third-order valence-corrected chi connectivity index (χ3v) is 4.09. The highest BCUT2D eigenvalue weighted by atomic mass is 35.5. The molecule has 2 aromatic carbocycles. The van der Waals surface area contributed by atoms with Gasteiger partial charge >= 0.3 is 11.8 Å². The van der Waals surface area contributed by atoms with E-state index in [1.165, 1.54) is 22.9 Å². The molecule has 8 nitrogen and oxygen atoms in total. The summed E-state index contributed by atoms with van der Waals surface area (Å²) in [6.07, 6.45) is 1.59. The summed E-state index contributed by atoms with van der Waals surface area (Å²) >= 11 is 5.98. The Hall–Kier alpha value is -3.59. The second-order valence-corrected chi connectivity index (χ2v) is 6.30. The van der Waals surface area contributed by atoms with E-state index in [2.05, 4.69) is 25.8 Å². The number of halogens is 2. The molecule has 4 aromatic rings. The molecule has 0 aliphatic heterocycles. The first-order chi connectivity index (χ1) is 13.5. The van der Waals surface area contributed by atoms with Crippen LogP contribution in [-0.4, -0.2) is 31.0 Å². The fourth-order valence-corrected chi connectivity index (χ4v) is 2.66. The summed E-state index contributed by atoms with van der Waals surface area (Å²) < 4.78 is 19.7.